The van der Waals surface area contributed by atoms with Gasteiger partial charge in [0.1, 0.15) is 11.4 Å². The molecule has 1 fully saturated rings. The fourth-order valence-corrected chi connectivity index (χ4v) is 3.91. The summed E-state index contributed by atoms with van der Waals surface area (Å²) in [5.41, 5.74) is 1.62. The van der Waals surface area contributed by atoms with Crippen molar-refractivity contribution in [1.82, 2.24) is 10.4 Å². The first-order valence-electron chi connectivity index (χ1n) is 12.3. The van der Waals surface area contributed by atoms with E-state index >= 15 is 0 Å². The van der Waals surface area contributed by atoms with Crippen molar-refractivity contribution in [2.75, 3.05) is 27.0 Å². The predicted octanol–water partition coefficient (Wildman–Crippen LogP) is 4.34. The molecule has 2 N–H and O–H groups in total. The van der Waals surface area contributed by atoms with Gasteiger partial charge < -0.3 is 29.5 Å². The highest BCUT2D eigenvalue weighted by Gasteiger charge is 2.31. The van der Waals surface area contributed by atoms with Gasteiger partial charge >= 0.3 is 6.16 Å². The Balaban J connectivity index is 2.24. The van der Waals surface area contributed by atoms with Crippen molar-refractivity contribution in [2.24, 2.45) is 0 Å². The van der Waals surface area contributed by atoms with E-state index in [2.05, 4.69) is 5.32 Å². The molecule has 0 aromatic heterocycles. The number of methoxy groups -OCH3 is 1. The molecule has 0 saturated carbocycles. The van der Waals surface area contributed by atoms with Crippen LogP contribution in [0.2, 0.25) is 0 Å². The Labute approximate surface area is 209 Å². The van der Waals surface area contributed by atoms with Gasteiger partial charge in [0.25, 0.3) is 5.91 Å². The Morgan fingerprint density at radius 3 is 2.26 bits per heavy atom. The first-order valence-corrected chi connectivity index (χ1v) is 12.3. The van der Waals surface area contributed by atoms with Crippen molar-refractivity contribution in [3.8, 4) is 5.75 Å². The predicted molar refractivity (Wildman–Crippen MR) is 133 cm³/mol. The number of hydrogen-bond donors (Lipinski definition) is 2. The fraction of sp³-hybridized carbons (Fsp3) is 0.692. The normalized spacial score (nSPS) is 19.4. The van der Waals surface area contributed by atoms with Crippen LogP contribution in [0.25, 0.3) is 0 Å². The lowest BCUT2D eigenvalue weighted by atomic mass is 9.91. The molecule has 0 radical (unpaired) electrons. The molecule has 35 heavy (non-hydrogen) atoms. The number of nitrogens with one attached hydrogen (secondary N) is 1. The highest BCUT2D eigenvalue weighted by Crippen LogP contribution is 2.36. The van der Waals surface area contributed by atoms with E-state index in [1.807, 2.05) is 39.8 Å². The largest absolute Gasteiger partial charge is 0.528 e. The number of nitrogens with zero attached hydrogens (tertiary/aromatic N) is 1. The van der Waals surface area contributed by atoms with Crippen LogP contribution >= 0.6 is 0 Å². The Hall–Kier alpha value is -2.36. The van der Waals surface area contributed by atoms with Gasteiger partial charge in [0.15, 0.2) is 6.79 Å². The average molecular weight is 495 g/mol. The molecular weight excluding hydrogens is 452 g/mol. The molecule has 1 aromatic carbocycles. The lowest BCUT2D eigenvalue weighted by molar-refractivity contribution is -0.144. The van der Waals surface area contributed by atoms with Crippen LogP contribution in [0.5, 0.6) is 5.75 Å². The van der Waals surface area contributed by atoms with E-state index in [4.69, 9.17) is 19.0 Å². The molecule has 2 rings (SSSR count). The summed E-state index contributed by atoms with van der Waals surface area (Å²) in [5, 5.41) is 15.0. The van der Waals surface area contributed by atoms with Crippen LogP contribution in [0.3, 0.4) is 0 Å². The van der Waals surface area contributed by atoms with E-state index in [1.165, 1.54) is 5.06 Å². The molecule has 1 aliphatic rings. The minimum Gasteiger partial charge on any atom is -0.467 e. The number of amides is 1. The Kier molecular flexibility index (Phi) is 10.4. The smallest absolute Gasteiger partial charge is 0.467 e. The van der Waals surface area contributed by atoms with E-state index in [0.717, 1.165) is 16.9 Å². The number of aliphatic hydroxyl groups excluding tert-OH is 1. The monoisotopic (exact) mass is 494 g/mol. The van der Waals surface area contributed by atoms with E-state index in [0.29, 0.717) is 24.9 Å². The summed E-state index contributed by atoms with van der Waals surface area (Å²) in [4.78, 5) is 30.8. The molecule has 1 heterocycles. The Morgan fingerprint density at radius 1 is 1.14 bits per heavy atom. The molecule has 1 amide bonds. The molecule has 9 nitrogen and oxygen atoms in total. The lowest BCUT2D eigenvalue weighted by Gasteiger charge is -2.27. The maximum atomic E-state index is 13.3. The Bertz CT molecular complexity index is 835. The van der Waals surface area contributed by atoms with Crippen molar-refractivity contribution >= 4 is 12.1 Å². The molecule has 9 heteroatoms. The van der Waals surface area contributed by atoms with Gasteiger partial charge in [-0.05, 0) is 68.7 Å². The highest BCUT2D eigenvalue weighted by atomic mass is 16.8. The number of carbonyl (C=O) groups is 2. The van der Waals surface area contributed by atoms with Crippen molar-refractivity contribution in [1.29, 1.82) is 0 Å². The second-order valence-electron chi connectivity index (χ2n) is 10.6. The zero-order valence-corrected chi connectivity index (χ0v) is 22.3. The van der Waals surface area contributed by atoms with Gasteiger partial charge in [-0.25, -0.2) is 4.79 Å². The van der Waals surface area contributed by atoms with Crippen molar-refractivity contribution in [3.05, 3.63) is 28.8 Å². The van der Waals surface area contributed by atoms with Crippen molar-refractivity contribution < 1.29 is 33.7 Å². The summed E-state index contributed by atoms with van der Waals surface area (Å²) >= 11 is 0. The summed E-state index contributed by atoms with van der Waals surface area (Å²) < 4.78 is 16.2. The number of ether oxygens (including phenoxy) is 3. The number of hydroxylamine groups is 2. The topological polar surface area (TPSA) is 107 Å². The molecule has 0 bridgehead atoms. The highest BCUT2D eigenvalue weighted by molar-refractivity contribution is 5.95. The van der Waals surface area contributed by atoms with Gasteiger partial charge in [0, 0.05) is 19.2 Å². The van der Waals surface area contributed by atoms with Gasteiger partial charge in [-0.15, -0.1) is 5.06 Å². The molecule has 1 aliphatic heterocycles. The molecule has 1 saturated heterocycles. The van der Waals surface area contributed by atoms with Crippen LogP contribution in [0.1, 0.15) is 94.6 Å². The number of carbonyl (C=O) groups excluding carboxylic acids is 2. The van der Waals surface area contributed by atoms with Crippen LogP contribution in [0, 0.1) is 0 Å². The molecular formula is C26H42N2O7. The third kappa shape index (κ3) is 8.66. The maximum Gasteiger partial charge on any atom is 0.528 e. The summed E-state index contributed by atoms with van der Waals surface area (Å²) in [7, 11) is 1.57. The van der Waals surface area contributed by atoms with Crippen LogP contribution < -0.4 is 10.1 Å². The minimum absolute atomic E-state index is 0.118. The average Bonchev–Trinajstić information content (AvgIpc) is 2.90. The van der Waals surface area contributed by atoms with Gasteiger partial charge in [0.05, 0.1) is 18.7 Å². The number of rotatable bonds is 8. The van der Waals surface area contributed by atoms with Crippen LogP contribution in [0.15, 0.2) is 12.1 Å². The van der Waals surface area contributed by atoms with Crippen LogP contribution in [0.4, 0.5) is 4.79 Å². The second kappa shape index (κ2) is 12.6. The molecule has 1 aromatic rings. The van der Waals surface area contributed by atoms with Gasteiger partial charge in [-0.2, -0.15) is 0 Å². The maximum absolute atomic E-state index is 13.3. The van der Waals surface area contributed by atoms with Crippen LogP contribution in [-0.2, 0) is 14.3 Å². The van der Waals surface area contributed by atoms with E-state index in [-0.39, 0.29) is 31.1 Å². The fourth-order valence-electron chi connectivity index (χ4n) is 3.91. The van der Waals surface area contributed by atoms with E-state index in [1.54, 1.807) is 27.9 Å². The number of hydrogen-bond acceptors (Lipinski definition) is 8. The first-order chi connectivity index (χ1) is 16.3. The van der Waals surface area contributed by atoms with E-state index in [9.17, 15) is 14.7 Å². The standard InChI is InChI=1S/C26H42N2O7/c1-16(2)19-12-18(13-20(17(3)4)23(19)33-15-32-8)24(30)27-21-14-28(11-9-10-22(21)29)35-25(31)34-26(5,6)7/h12-13,16-17,21-22,29H,9-11,14-15H2,1-8H3,(H,27,30)/t21-,22-/m1/s1. The summed E-state index contributed by atoms with van der Waals surface area (Å²) in [5.74, 6) is 0.664. The van der Waals surface area contributed by atoms with Gasteiger partial charge in [-0.3, -0.25) is 4.79 Å². The summed E-state index contributed by atoms with van der Waals surface area (Å²) in [6.07, 6.45) is -0.507. The van der Waals surface area contributed by atoms with Crippen LogP contribution in [-0.4, -0.2) is 67.0 Å². The molecule has 0 unspecified atom stereocenters. The summed E-state index contributed by atoms with van der Waals surface area (Å²) in [6, 6.07) is 3.03. The van der Waals surface area contributed by atoms with Gasteiger partial charge in [-0.1, -0.05) is 27.7 Å². The third-order valence-corrected chi connectivity index (χ3v) is 5.66. The van der Waals surface area contributed by atoms with Crippen molar-refractivity contribution in [3.63, 3.8) is 0 Å². The molecule has 198 valence electrons. The lowest BCUT2D eigenvalue weighted by Crippen LogP contribution is -2.49. The molecule has 2 atom stereocenters. The number of benzene rings is 1. The van der Waals surface area contributed by atoms with Crippen molar-refractivity contribution in [2.45, 2.75) is 90.9 Å². The van der Waals surface area contributed by atoms with E-state index < -0.39 is 23.9 Å². The second-order valence-corrected chi connectivity index (χ2v) is 10.6. The van der Waals surface area contributed by atoms with Gasteiger partial charge in [0.2, 0.25) is 0 Å². The third-order valence-electron chi connectivity index (χ3n) is 5.66. The molecule has 0 spiro atoms. The summed E-state index contributed by atoms with van der Waals surface area (Å²) in [6.45, 7) is 14.1. The Morgan fingerprint density at radius 2 is 1.74 bits per heavy atom. The zero-order valence-electron chi connectivity index (χ0n) is 22.3. The molecule has 0 aliphatic carbocycles. The quantitative estimate of drug-likeness (QED) is 0.406. The first kappa shape index (κ1) is 28.9. The minimum atomic E-state index is -0.811. The number of aliphatic hydroxyl groups is 1. The SMILES string of the molecule is COCOc1c(C(C)C)cc(C(=O)N[C@@H]2CN(OC(=O)OC(C)(C)C)CCC[C@H]2O)cc1C(C)C. The zero-order chi connectivity index (χ0) is 26.3.